The minimum atomic E-state index is 0.237. The third kappa shape index (κ3) is 4.07. The quantitative estimate of drug-likeness (QED) is 0.656. The molecule has 0 saturated carbocycles. The van der Waals surface area contributed by atoms with Crippen molar-refractivity contribution in [1.29, 1.82) is 0 Å². The Bertz CT molecular complexity index is 125. The molecule has 0 radical (unpaired) electrons. The minimum absolute atomic E-state index is 0.237. The maximum atomic E-state index is 5.67. The lowest BCUT2D eigenvalue weighted by atomic mass is 10.1. The summed E-state index contributed by atoms with van der Waals surface area (Å²) >= 11 is 0. The van der Waals surface area contributed by atoms with E-state index in [1.54, 1.807) is 7.11 Å². The standard InChI is InChI=1S/C10H20O3/c1-3-5-12-9-4-6-13-10(7-9)8-11-2/h9-10H,3-8H2,1-2H3. The van der Waals surface area contributed by atoms with E-state index in [4.69, 9.17) is 14.2 Å². The molecule has 0 aromatic rings. The second-order valence-electron chi connectivity index (χ2n) is 3.47. The Labute approximate surface area is 80.4 Å². The van der Waals surface area contributed by atoms with Crippen LogP contribution in [-0.2, 0) is 14.2 Å². The first-order chi connectivity index (χ1) is 6.36. The number of hydrogen-bond donors (Lipinski definition) is 0. The van der Waals surface area contributed by atoms with E-state index in [1.165, 1.54) is 0 Å². The maximum absolute atomic E-state index is 5.67. The summed E-state index contributed by atoms with van der Waals surface area (Å²) < 4.78 is 16.3. The largest absolute Gasteiger partial charge is 0.382 e. The Kier molecular flexibility index (Phi) is 5.35. The minimum Gasteiger partial charge on any atom is -0.382 e. The van der Waals surface area contributed by atoms with Crippen molar-refractivity contribution in [3.8, 4) is 0 Å². The number of rotatable bonds is 5. The highest BCUT2D eigenvalue weighted by Crippen LogP contribution is 2.17. The topological polar surface area (TPSA) is 27.7 Å². The number of methoxy groups -OCH3 is 1. The van der Waals surface area contributed by atoms with E-state index < -0.39 is 0 Å². The van der Waals surface area contributed by atoms with Gasteiger partial charge in [0.15, 0.2) is 0 Å². The van der Waals surface area contributed by atoms with Gasteiger partial charge in [-0.05, 0) is 12.8 Å². The molecule has 0 aromatic carbocycles. The lowest BCUT2D eigenvalue weighted by Crippen LogP contribution is -2.33. The van der Waals surface area contributed by atoms with Crippen molar-refractivity contribution in [2.75, 3.05) is 26.9 Å². The summed E-state index contributed by atoms with van der Waals surface area (Å²) in [4.78, 5) is 0. The summed E-state index contributed by atoms with van der Waals surface area (Å²) in [6, 6.07) is 0. The maximum Gasteiger partial charge on any atom is 0.0833 e. The smallest absolute Gasteiger partial charge is 0.0833 e. The molecule has 1 aliphatic rings. The molecule has 78 valence electrons. The Balaban J connectivity index is 2.16. The molecule has 1 fully saturated rings. The van der Waals surface area contributed by atoms with Gasteiger partial charge in [-0.3, -0.25) is 0 Å². The zero-order valence-electron chi connectivity index (χ0n) is 8.62. The molecule has 2 unspecified atom stereocenters. The predicted molar refractivity (Wildman–Crippen MR) is 50.9 cm³/mol. The molecule has 3 nitrogen and oxygen atoms in total. The first-order valence-electron chi connectivity index (χ1n) is 5.09. The molecule has 1 rings (SSSR count). The molecule has 1 heterocycles. The number of ether oxygens (including phenoxy) is 3. The van der Waals surface area contributed by atoms with Crippen LogP contribution in [0.3, 0.4) is 0 Å². The van der Waals surface area contributed by atoms with Gasteiger partial charge in [0.2, 0.25) is 0 Å². The zero-order valence-corrected chi connectivity index (χ0v) is 8.62. The van der Waals surface area contributed by atoms with Crippen LogP contribution in [0.4, 0.5) is 0 Å². The van der Waals surface area contributed by atoms with Crippen molar-refractivity contribution in [2.45, 2.75) is 38.4 Å². The van der Waals surface area contributed by atoms with Gasteiger partial charge < -0.3 is 14.2 Å². The van der Waals surface area contributed by atoms with Crippen LogP contribution in [0.25, 0.3) is 0 Å². The van der Waals surface area contributed by atoms with Crippen LogP contribution in [0.15, 0.2) is 0 Å². The number of hydrogen-bond acceptors (Lipinski definition) is 3. The highest BCUT2D eigenvalue weighted by molar-refractivity contribution is 4.71. The van der Waals surface area contributed by atoms with Crippen LogP contribution in [0.1, 0.15) is 26.2 Å². The lowest BCUT2D eigenvalue weighted by molar-refractivity contribution is -0.0923. The summed E-state index contributed by atoms with van der Waals surface area (Å²) in [7, 11) is 1.71. The summed E-state index contributed by atoms with van der Waals surface area (Å²) in [5.74, 6) is 0. The van der Waals surface area contributed by atoms with Crippen molar-refractivity contribution >= 4 is 0 Å². The molecule has 0 amide bonds. The molecule has 0 spiro atoms. The molecule has 3 heteroatoms. The monoisotopic (exact) mass is 188 g/mol. The van der Waals surface area contributed by atoms with Crippen molar-refractivity contribution in [3.63, 3.8) is 0 Å². The van der Waals surface area contributed by atoms with Crippen LogP contribution >= 0.6 is 0 Å². The summed E-state index contributed by atoms with van der Waals surface area (Å²) in [5.41, 5.74) is 0. The van der Waals surface area contributed by atoms with Gasteiger partial charge in [0.05, 0.1) is 18.8 Å². The van der Waals surface area contributed by atoms with E-state index in [0.29, 0.717) is 12.7 Å². The van der Waals surface area contributed by atoms with E-state index in [-0.39, 0.29) is 6.10 Å². The molecule has 0 bridgehead atoms. The fourth-order valence-electron chi connectivity index (χ4n) is 1.58. The van der Waals surface area contributed by atoms with E-state index in [2.05, 4.69) is 6.92 Å². The first-order valence-corrected chi connectivity index (χ1v) is 5.09. The first kappa shape index (κ1) is 11.0. The van der Waals surface area contributed by atoms with Crippen LogP contribution in [-0.4, -0.2) is 39.1 Å². The van der Waals surface area contributed by atoms with Crippen molar-refractivity contribution in [2.24, 2.45) is 0 Å². The SMILES string of the molecule is CCCOC1CCOC(COC)C1. The summed E-state index contributed by atoms with van der Waals surface area (Å²) in [6.45, 7) is 4.49. The third-order valence-corrected chi connectivity index (χ3v) is 2.23. The molecule has 0 aliphatic carbocycles. The van der Waals surface area contributed by atoms with Gasteiger partial charge >= 0.3 is 0 Å². The van der Waals surface area contributed by atoms with E-state index in [1.807, 2.05) is 0 Å². The van der Waals surface area contributed by atoms with Gasteiger partial charge in [-0.25, -0.2) is 0 Å². The Hall–Kier alpha value is -0.120. The van der Waals surface area contributed by atoms with Crippen LogP contribution in [0.5, 0.6) is 0 Å². The van der Waals surface area contributed by atoms with Gasteiger partial charge in [-0.15, -0.1) is 0 Å². The van der Waals surface area contributed by atoms with E-state index >= 15 is 0 Å². The van der Waals surface area contributed by atoms with Crippen molar-refractivity contribution < 1.29 is 14.2 Å². The van der Waals surface area contributed by atoms with E-state index in [0.717, 1.165) is 32.5 Å². The fraction of sp³-hybridized carbons (Fsp3) is 1.00. The average molecular weight is 188 g/mol. The summed E-state index contributed by atoms with van der Waals surface area (Å²) in [5, 5.41) is 0. The van der Waals surface area contributed by atoms with Gasteiger partial charge in [0.25, 0.3) is 0 Å². The van der Waals surface area contributed by atoms with Crippen molar-refractivity contribution in [3.05, 3.63) is 0 Å². The zero-order chi connectivity index (χ0) is 9.52. The molecule has 1 saturated heterocycles. The molecule has 2 atom stereocenters. The molecular formula is C10H20O3. The van der Waals surface area contributed by atoms with Crippen LogP contribution in [0.2, 0.25) is 0 Å². The molecular weight excluding hydrogens is 168 g/mol. The van der Waals surface area contributed by atoms with Gasteiger partial charge in [-0.1, -0.05) is 6.92 Å². The normalized spacial score (nSPS) is 29.1. The highest BCUT2D eigenvalue weighted by Gasteiger charge is 2.22. The highest BCUT2D eigenvalue weighted by atomic mass is 16.5. The molecule has 1 aliphatic heterocycles. The predicted octanol–water partition coefficient (Wildman–Crippen LogP) is 1.61. The van der Waals surface area contributed by atoms with Gasteiger partial charge in [0.1, 0.15) is 0 Å². The second kappa shape index (κ2) is 6.35. The van der Waals surface area contributed by atoms with Gasteiger partial charge in [0, 0.05) is 26.7 Å². The fourth-order valence-corrected chi connectivity index (χ4v) is 1.58. The van der Waals surface area contributed by atoms with Crippen LogP contribution in [0, 0.1) is 0 Å². The molecule has 0 N–H and O–H groups in total. The second-order valence-corrected chi connectivity index (χ2v) is 3.47. The summed E-state index contributed by atoms with van der Waals surface area (Å²) in [6.07, 6.45) is 3.72. The van der Waals surface area contributed by atoms with E-state index in [9.17, 15) is 0 Å². The average Bonchev–Trinajstić information content (AvgIpc) is 2.16. The Morgan fingerprint density at radius 2 is 2.31 bits per heavy atom. The Morgan fingerprint density at radius 1 is 1.46 bits per heavy atom. The van der Waals surface area contributed by atoms with Gasteiger partial charge in [-0.2, -0.15) is 0 Å². The van der Waals surface area contributed by atoms with Crippen molar-refractivity contribution in [1.82, 2.24) is 0 Å². The Morgan fingerprint density at radius 3 is 3.00 bits per heavy atom. The lowest BCUT2D eigenvalue weighted by Gasteiger charge is -2.29. The molecule has 0 aromatic heterocycles. The third-order valence-electron chi connectivity index (χ3n) is 2.23. The van der Waals surface area contributed by atoms with Crippen LogP contribution < -0.4 is 0 Å². The molecule has 13 heavy (non-hydrogen) atoms.